The third-order valence-electron chi connectivity index (χ3n) is 4.56. The second-order valence-electron chi connectivity index (χ2n) is 10.2. The predicted molar refractivity (Wildman–Crippen MR) is 107 cm³/mol. The van der Waals surface area contributed by atoms with E-state index in [2.05, 4.69) is 75.4 Å². The van der Waals surface area contributed by atoms with Crippen LogP contribution in [0.3, 0.4) is 0 Å². The molecule has 0 aliphatic rings. The van der Waals surface area contributed by atoms with Gasteiger partial charge in [-0.2, -0.15) is 0 Å². The van der Waals surface area contributed by atoms with Crippen molar-refractivity contribution in [3.8, 4) is 0 Å². The van der Waals surface area contributed by atoms with Gasteiger partial charge >= 0.3 is 0 Å². The second-order valence-corrected chi connectivity index (χ2v) is 10.2. The molecular weight excluding hydrogens is 296 g/mol. The Morgan fingerprint density at radius 1 is 1.08 bits per heavy atom. The van der Waals surface area contributed by atoms with Crippen LogP contribution in [-0.4, -0.2) is 23.8 Å². The number of rotatable bonds is 10. The topological polar surface area (TPSA) is 38.5 Å². The van der Waals surface area contributed by atoms with Crippen molar-refractivity contribution >= 4 is 0 Å². The molecule has 2 N–H and O–H groups in total. The Hall–Kier alpha value is -0.540. The average Bonchev–Trinajstić information content (AvgIpc) is 2.32. The number of nitrogens with two attached hydrogens (primary N) is 1. The third-order valence-corrected chi connectivity index (χ3v) is 4.56. The van der Waals surface area contributed by atoms with E-state index in [1.165, 1.54) is 5.57 Å². The average molecular weight is 341 g/mol. The highest BCUT2D eigenvalue weighted by Gasteiger charge is 2.27. The summed E-state index contributed by atoms with van der Waals surface area (Å²) >= 11 is 0. The lowest BCUT2D eigenvalue weighted by molar-refractivity contribution is -0.0312. The monoisotopic (exact) mass is 340 g/mol. The molecule has 144 valence electrons. The first kappa shape index (κ1) is 23.5. The maximum Gasteiger partial charge on any atom is 0.0643 e. The molecule has 0 heterocycles. The van der Waals surface area contributed by atoms with Crippen LogP contribution in [0.1, 0.15) is 88.5 Å². The highest BCUT2D eigenvalue weighted by atomic mass is 16.5. The van der Waals surface area contributed by atoms with Gasteiger partial charge < -0.3 is 9.75 Å². The second kappa shape index (κ2) is 9.24. The summed E-state index contributed by atoms with van der Waals surface area (Å²) in [5.74, 6) is 6.90. The Bertz CT molecular complexity index is 389. The van der Waals surface area contributed by atoms with Crippen LogP contribution in [0, 0.1) is 16.7 Å². The molecule has 0 fully saturated rings. The molecule has 0 aromatic heterocycles. The van der Waals surface area contributed by atoms with Gasteiger partial charge in [-0.25, -0.2) is 5.84 Å². The maximum absolute atomic E-state index is 6.22. The number of ether oxygens (including phenoxy) is 1. The Morgan fingerprint density at radius 2 is 1.62 bits per heavy atom. The molecule has 0 unspecified atom stereocenters. The van der Waals surface area contributed by atoms with Crippen LogP contribution in [-0.2, 0) is 4.74 Å². The zero-order valence-electron chi connectivity index (χ0n) is 18.1. The zero-order valence-corrected chi connectivity index (χ0v) is 18.1. The van der Waals surface area contributed by atoms with Crippen LogP contribution < -0.4 is 5.84 Å². The minimum absolute atomic E-state index is 0.130. The minimum atomic E-state index is -0.130. The van der Waals surface area contributed by atoms with E-state index in [0.29, 0.717) is 11.3 Å². The lowest BCUT2D eigenvalue weighted by atomic mass is 9.72. The molecule has 0 rings (SSSR count). The van der Waals surface area contributed by atoms with Crippen molar-refractivity contribution in [2.75, 3.05) is 13.2 Å². The third kappa shape index (κ3) is 11.1. The van der Waals surface area contributed by atoms with Gasteiger partial charge in [0.25, 0.3) is 0 Å². The first-order chi connectivity index (χ1) is 10.6. The Kier molecular flexibility index (Phi) is 9.03. The summed E-state index contributed by atoms with van der Waals surface area (Å²) in [5.41, 5.74) is 1.66. The van der Waals surface area contributed by atoms with Crippen molar-refractivity contribution in [1.82, 2.24) is 5.01 Å². The highest BCUT2D eigenvalue weighted by Crippen LogP contribution is 2.38. The van der Waals surface area contributed by atoms with E-state index in [1.54, 1.807) is 0 Å². The maximum atomic E-state index is 6.22. The summed E-state index contributed by atoms with van der Waals surface area (Å²) in [6, 6.07) is 0. The van der Waals surface area contributed by atoms with E-state index in [-0.39, 0.29) is 11.0 Å². The lowest BCUT2D eigenvalue weighted by Gasteiger charge is -2.34. The molecule has 0 saturated carbocycles. The Balaban J connectivity index is 4.52. The van der Waals surface area contributed by atoms with Gasteiger partial charge in [0.05, 0.1) is 5.60 Å². The van der Waals surface area contributed by atoms with Gasteiger partial charge in [0.15, 0.2) is 0 Å². The van der Waals surface area contributed by atoms with E-state index >= 15 is 0 Å². The van der Waals surface area contributed by atoms with Crippen LogP contribution >= 0.6 is 0 Å². The molecule has 0 aliphatic heterocycles. The predicted octanol–water partition coefficient (Wildman–Crippen LogP) is 5.76. The van der Waals surface area contributed by atoms with E-state index in [1.807, 2.05) is 5.01 Å². The Labute approximate surface area is 152 Å². The summed E-state index contributed by atoms with van der Waals surface area (Å²) in [5, 5.41) is 1.83. The fourth-order valence-electron chi connectivity index (χ4n) is 2.99. The van der Waals surface area contributed by atoms with Gasteiger partial charge in [-0.05, 0) is 56.8 Å². The molecule has 0 spiro atoms. The van der Waals surface area contributed by atoms with Gasteiger partial charge in [-0.3, -0.25) is 0 Å². The van der Waals surface area contributed by atoms with Gasteiger partial charge in [-0.15, -0.1) is 0 Å². The van der Waals surface area contributed by atoms with Crippen LogP contribution in [0.2, 0.25) is 0 Å². The van der Waals surface area contributed by atoms with Crippen LogP contribution in [0.25, 0.3) is 0 Å². The van der Waals surface area contributed by atoms with Gasteiger partial charge in [0.2, 0.25) is 0 Å². The van der Waals surface area contributed by atoms with Crippen LogP contribution in [0.15, 0.2) is 11.8 Å². The van der Waals surface area contributed by atoms with E-state index in [4.69, 9.17) is 10.6 Å². The quantitative estimate of drug-likeness (QED) is 0.406. The van der Waals surface area contributed by atoms with Gasteiger partial charge in [0, 0.05) is 19.4 Å². The molecule has 24 heavy (non-hydrogen) atoms. The van der Waals surface area contributed by atoms with Crippen LogP contribution in [0.5, 0.6) is 0 Å². The molecular formula is C21H44N2O. The minimum Gasteiger partial charge on any atom is -0.375 e. The van der Waals surface area contributed by atoms with E-state index in [9.17, 15) is 0 Å². The van der Waals surface area contributed by atoms with Gasteiger partial charge in [0.1, 0.15) is 0 Å². The number of nitrogens with zero attached hydrogens (tertiary/aromatic N) is 1. The summed E-state index contributed by atoms with van der Waals surface area (Å²) in [6.07, 6.45) is 5.27. The number of hydrogen-bond acceptors (Lipinski definition) is 3. The van der Waals surface area contributed by atoms with E-state index < -0.39 is 0 Å². The van der Waals surface area contributed by atoms with Crippen LogP contribution in [0.4, 0.5) is 0 Å². The first-order valence-corrected chi connectivity index (χ1v) is 9.49. The molecule has 0 aromatic rings. The zero-order chi connectivity index (χ0) is 19.2. The molecule has 0 amide bonds. The molecule has 3 nitrogen and oxygen atoms in total. The summed E-state index contributed by atoms with van der Waals surface area (Å²) in [7, 11) is 0. The van der Waals surface area contributed by atoms with Crippen molar-refractivity contribution in [2.24, 2.45) is 22.6 Å². The number of hydrogen-bond donors (Lipinski definition) is 1. The highest BCUT2D eigenvalue weighted by molar-refractivity contribution is 5.09. The van der Waals surface area contributed by atoms with Crippen molar-refractivity contribution in [1.29, 1.82) is 0 Å². The smallest absolute Gasteiger partial charge is 0.0643 e. The van der Waals surface area contributed by atoms with Crippen molar-refractivity contribution < 1.29 is 4.74 Å². The SMILES string of the molecule is C/C(=C\N(N)CCC(C)(C)OCCC(C)C)C(C)(C)CC(C)(C)C. The number of allylic oxidation sites excluding steroid dienone is 1. The molecule has 0 aliphatic carbocycles. The first-order valence-electron chi connectivity index (χ1n) is 9.49. The molecule has 0 saturated heterocycles. The molecule has 0 atom stereocenters. The Morgan fingerprint density at radius 3 is 2.08 bits per heavy atom. The van der Waals surface area contributed by atoms with Crippen molar-refractivity contribution in [3.63, 3.8) is 0 Å². The summed E-state index contributed by atoms with van der Waals surface area (Å²) in [6.45, 7) is 24.1. The molecule has 0 bridgehead atoms. The fourth-order valence-corrected chi connectivity index (χ4v) is 2.99. The summed E-state index contributed by atoms with van der Waals surface area (Å²) < 4.78 is 6.03. The van der Waals surface area contributed by atoms with Crippen molar-refractivity contribution in [3.05, 3.63) is 11.8 Å². The van der Waals surface area contributed by atoms with E-state index in [0.717, 1.165) is 32.4 Å². The molecule has 0 radical (unpaired) electrons. The molecule has 3 heteroatoms. The number of hydrazine groups is 1. The normalized spacial score (nSPS) is 14.4. The fraction of sp³-hybridized carbons (Fsp3) is 0.905. The van der Waals surface area contributed by atoms with Gasteiger partial charge in [-0.1, -0.05) is 54.0 Å². The van der Waals surface area contributed by atoms with Crippen molar-refractivity contribution in [2.45, 2.75) is 94.1 Å². The standard InChI is InChI=1S/C21H44N2O/c1-17(2)11-14-24-21(9,10)12-13-23(22)15-18(3)20(7,8)16-19(4,5)6/h15,17H,11-14,16,22H2,1-10H3/b18-15+. The summed E-state index contributed by atoms with van der Waals surface area (Å²) in [4.78, 5) is 0. The molecule has 0 aromatic carbocycles. The lowest BCUT2D eigenvalue weighted by Crippen LogP contribution is -2.35. The largest absolute Gasteiger partial charge is 0.375 e.